The van der Waals surface area contributed by atoms with Crippen LogP contribution in [0.5, 0.6) is 0 Å². The van der Waals surface area contributed by atoms with Gasteiger partial charge in [-0.05, 0) is 49.4 Å². The summed E-state index contributed by atoms with van der Waals surface area (Å²) in [5, 5.41) is 3.09. The lowest BCUT2D eigenvalue weighted by molar-refractivity contribution is 0.185. The summed E-state index contributed by atoms with van der Waals surface area (Å²) in [6.45, 7) is 9.51. The molecular weight excluding hydrogens is 399 g/mol. The zero-order valence-electron chi connectivity index (χ0n) is 14.4. The van der Waals surface area contributed by atoms with Crippen molar-refractivity contribution in [3.63, 3.8) is 0 Å². The van der Waals surface area contributed by atoms with Crippen LogP contribution in [0.2, 0.25) is 0 Å². The molecule has 0 atom stereocenters. The van der Waals surface area contributed by atoms with Gasteiger partial charge >= 0.3 is 0 Å². The minimum atomic E-state index is 0. The Bertz CT molecular complexity index is 464. The van der Waals surface area contributed by atoms with Crippen LogP contribution in [-0.4, -0.2) is 30.5 Å². The third-order valence-electron chi connectivity index (χ3n) is 4.29. The van der Waals surface area contributed by atoms with Gasteiger partial charge in [0.05, 0.1) is 6.54 Å². The number of guanidine groups is 1. The Morgan fingerprint density at radius 1 is 1.22 bits per heavy atom. The van der Waals surface area contributed by atoms with Crippen LogP contribution in [0.4, 0.5) is 0 Å². The highest BCUT2D eigenvalue weighted by molar-refractivity contribution is 14.0. The Balaban J connectivity index is 0.00000264. The van der Waals surface area contributed by atoms with E-state index in [0.717, 1.165) is 25.4 Å². The van der Waals surface area contributed by atoms with E-state index in [2.05, 4.69) is 53.3 Å². The van der Waals surface area contributed by atoms with Crippen LogP contribution in [0.3, 0.4) is 0 Å². The maximum Gasteiger partial charge on any atom is 0.188 e. The van der Waals surface area contributed by atoms with E-state index in [1.165, 1.54) is 37.1 Å². The van der Waals surface area contributed by atoms with Gasteiger partial charge < -0.3 is 11.1 Å². The minimum Gasteiger partial charge on any atom is -0.370 e. The number of hydrogen-bond donors (Lipinski definition) is 2. The molecule has 0 bridgehead atoms. The molecule has 0 aliphatic carbocycles. The molecule has 1 aliphatic rings. The molecule has 0 saturated carbocycles. The number of nitrogens with two attached hydrogens (primary N) is 1. The standard InChI is InChI=1S/C18H30N4.HI/c1-3-10-20-18(19)21-13-16-4-6-17(7-5-16)14-22-11-8-15(2)9-12-22;/h4-7,15H,3,8-14H2,1-2H3,(H3,19,20,21);1H. The van der Waals surface area contributed by atoms with Gasteiger partial charge in [-0.15, -0.1) is 24.0 Å². The summed E-state index contributed by atoms with van der Waals surface area (Å²) in [7, 11) is 0. The third-order valence-corrected chi connectivity index (χ3v) is 4.29. The molecule has 130 valence electrons. The van der Waals surface area contributed by atoms with Crippen molar-refractivity contribution >= 4 is 29.9 Å². The quantitative estimate of drug-likeness (QED) is 0.414. The molecular formula is C18H31IN4. The topological polar surface area (TPSA) is 53.6 Å². The molecule has 0 amide bonds. The third kappa shape index (κ3) is 7.52. The molecule has 3 N–H and O–H groups in total. The van der Waals surface area contributed by atoms with Gasteiger partial charge in [0.25, 0.3) is 0 Å². The lowest BCUT2D eigenvalue weighted by Gasteiger charge is -2.30. The van der Waals surface area contributed by atoms with Crippen LogP contribution in [0.1, 0.15) is 44.2 Å². The molecule has 0 spiro atoms. The first-order valence-electron chi connectivity index (χ1n) is 8.51. The van der Waals surface area contributed by atoms with Crippen molar-refractivity contribution in [1.29, 1.82) is 0 Å². The molecule has 0 aromatic heterocycles. The number of halogens is 1. The number of benzene rings is 1. The predicted octanol–water partition coefficient (Wildman–Crippen LogP) is 3.35. The fourth-order valence-corrected chi connectivity index (χ4v) is 2.71. The Labute approximate surface area is 157 Å². The zero-order valence-corrected chi connectivity index (χ0v) is 16.8. The number of nitrogens with zero attached hydrogens (tertiary/aromatic N) is 2. The van der Waals surface area contributed by atoms with Gasteiger partial charge in [-0.3, -0.25) is 4.90 Å². The number of piperidine rings is 1. The second-order valence-corrected chi connectivity index (χ2v) is 6.40. The van der Waals surface area contributed by atoms with Crippen molar-refractivity contribution in [2.45, 2.75) is 46.2 Å². The maximum absolute atomic E-state index is 5.80. The molecule has 2 rings (SSSR count). The first kappa shape index (κ1) is 20.2. The average Bonchev–Trinajstić information content (AvgIpc) is 2.54. The molecule has 0 radical (unpaired) electrons. The van der Waals surface area contributed by atoms with E-state index in [1.807, 2.05) is 0 Å². The second-order valence-electron chi connectivity index (χ2n) is 6.40. The highest BCUT2D eigenvalue weighted by atomic mass is 127. The van der Waals surface area contributed by atoms with Gasteiger partial charge in [-0.2, -0.15) is 0 Å². The van der Waals surface area contributed by atoms with Crippen LogP contribution in [0, 0.1) is 5.92 Å². The van der Waals surface area contributed by atoms with Gasteiger partial charge in [0.1, 0.15) is 0 Å². The van der Waals surface area contributed by atoms with E-state index < -0.39 is 0 Å². The van der Waals surface area contributed by atoms with Crippen LogP contribution < -0.4 is 11.1 Å². The van der Waals surface area contributed by atoms with E-state index in [-0.39, 0.29) is 24.0 Å². The summed E-state index contributed by atoms with van der Waals surface area (Å²) in [5.74, 6) is 1.43. The Morgan fingerprint density at radius 2 is 1.83 bits per heavy atom. The van der Waals surface area contributed by atoms with Crippen LogP contribution in [0.25, 0.3) is 0 Å². The summed E-state index contributed by atoms with van der Waals surface area (Å²) in [5.41, 5.74) is 8.40. The highest BCUT2D eigenvalue weighted by Gasteiger charge is 2.15. The fourth-order valence-electron chi connectivity index (χ4n) is 2.71. The summed E-state index contributed by atoms with van der Waals surface area (Å²) >= 11 is 0. The summed E-state index contributed by atoms with van der Waals surface area (Å²) < 4.78 is 0. The molecule has 23 heavy (non-hydrogen) atoms. The molecule has 1 saturated heterocycles. The van der Waals surface area contributed by atoms with Crippen molar-refractivity contribution in [2.24, 2.45) is 16.6 Å². The number of rotatable bonds is 6. The van der Waals surface area contributed by atoms with Crippen LogP contribution >= 0.6 is 24.0 Å². The first-order valence-corrected chi connectivity index (χ1v) is 8.51. The SMILES string of the molecule is CCCNC(N)=NCc1ccc(CN2CCC(C)CC2)cc1.I. The Kier molecular flexibility index (Phi) is 9.55. The Hall–Kier alpha value is -0.820. The second kappa shape index (κ2) is 10.9. The van der Waals surface area contributed by atoms with Crippen molar-refractivity contribution in [3.8, 4) is 0 Å². The van der Waals surface area contributed by atoms with Crippen LogP contribution in [0.15, 0.2) is 29.3 Å². The number of likely N-dealkylation sites (tertiary alicyclic amines) is 1. The zero-order chi connectivity index (χ0) is 15.8. The molecule has 1 heterocycles. The summed E-state index contributed by atoms with van der Waals surface area (Å²) in [6.07, 6.45) is 3.72. The number of nitrogens with one attached hydrogen (secondary N) is 1. The van der Waals surface area contributed by atoms with Crippen molar-refractivity contribution < 1.29 is 0 Å². The Morgan fingerprint density at radius 3 is 2.43 bits per heavy atom. The normalized spacial score (nSPS) is 16.9. The lowest BCUT2D eigenvalue weighted by Crippen LogP contribution is -2.32. The molecule has 1 aliphatic heterocycles. The summed E-state index contributed by atoms with van der Waals surface area (Å²) in [4.78, 5) is 6.91. The van der Waals surface area contributed by atoms with Gasteiger partial charge in [0.2, 0.25) is 0 Å². The smallest absolute Gasteiger partial charge is 0.188 e. The number of hydrogen-bond acceptors (Lipinski definition) is 2. The maximum atomic E-state index is 5.80. The fraction of sp³-hybridized carbons (Fsp3) is 0.611. The average molecular weight is 430 g/mol. The van der Waals surface area contributed by atoms with Crippen molar-refractivity contribution in [3.05, 3.63) is 35.4 Å². The molecule has 1 fully saturated rings. The van der Waals surface area contributed by atoms with E-state index in [9.17, 15) is 0 Å². The monoisotopic (exact) mass is 430 g/mol. The van der Waals surface area contributed by atoms with Gasteiger partial charge in [0.15, 0.2) is 5.96 Å². The molecule has 0 unspecified atom stereocenters. The predicted molar refractivity (Wildman–Crippen MR) is 109 cm³/mol. The molecule has 1 aromatic rings. The van der Waals surface area contributed by atoms with Crippen molar-refractivity contribution in [1.82, 2.24) is 10.2 Å². The van der Waals surface area contributed by atoms with E-state index in [1.54, 1.807) is 0 Å². The van der Waals surface area contributed by atoms with Crippen molar-refractivity contribution in [2.75, 3.05) is 19.6 Å². The summed E-state index contributed by atoms with van der Waals surface area (Å²) in [6, 6.07) is 8.77. The van der Waals surface area contributed by atoms with E-state index >= 15 is 0 Å². The van der Waals surface area contributed by atoms with E-state index in [4.69, 9.17) is 5.73 Å². The van der Waals surface area contributed by atoms with Gasteiger partial charge in [-0.25, -0.2) is 4.99 Å². The lowest BCUT2D eigenvalue weighted by atomic mass is 9.99. The van der Waals surface area contributed by atoms with Gasteiger partial charge in [0, 0.05) is 13.1 Å². The highest BCUT2D eigenvalue weighted by Crippen LogP contribution is 2.18. The molecule has 1 aromatic carbocycles. The van der Waals surface area contributed by atoms with Gasteiger partial charge in [-0.1, -0.05) is 38.1 Å². The van der Waals surface area contributed by atoms with E-state index in [0.29, 0.717) is 12.5 Å². The molecule has 5 heteroatoms. The first-order chi connectivity index (χ1) is 10.7. The van der Waals surface area contributed by atoms with Crippen LogP contribution in [-0.2, 0) is 13.1 Å². The number of aliphatic imine (C=N–C) groups is 1. The largest absolute Gasteiger partial charge is 0.370 e. The molecule has 4 nitrogen and oxygen atoms in total. The minimum absolute atomic E-state index is 0.